The smallest absolute Gasteiger partial charge is 0.138 e. The van der Waals surface area contributed by atoms with Gasteiger partial charge in [-0.25, -0.2) is 0 Å². The molecule has 0 amide bonds. The number of hydrogen-bond acceptors (Lipinski definition) is 2. The lowest BCUT2D eigenvalue weighted by Gasteiger charge is -2.15. The van der Waals surface area contributed by atoms with Crippen LogP contribution in [0.15, 0.2) is 30.4 Å². The second-order valence-electron chi connectivity index (χ2n) is 4.25. The van der Waals surface area contributed by atoms with Crippen molar-refractivity contribution in [2.75, 3.05) is 13.2 Å². The highest BCUT2D eigenvalue weighted by Gasteiger charge is 2.07. The molecule has 3 heteroatoms. The summed E-state index contributed by atoms with van der Waals surface area (Å²) in [6.45, 7) is 7.83. The van der Waals surface area contributed by atoms with Gasteiger partial charge >= 0.3 is 0 Å². The predicted molar refractivity (Wildman–Crippen MR) is 78.5 cm³/mol. The Bertz CT molecular complexity index is 390. The van der Waals surface area contributed by atoms with E-state index in [1.165, 1.54) is 5.56 Å². The summed E-state index contributed by atoms with van der Waals surface area (Å²) in [5, 5.41) is 4.11. The van der Waals surface area contributed by atoms with Gasteiger partial charge in [0.05, 0.1) is 5.02 Å². The minimum Gasteiger partial charge on any atom is -0.488 e. The number of benzene rings is 1. The zero-order valence-corrected chi connectivity index (χ0v) is 12.1. The van der Waals surface area contributed by atoms with Gasteiger partial charge in [-0.3, -0.25) is 0 Å². The van der Waals surface area contributed by atoms with E-state index in [9.17, 15) is 0 Å². The Hall–Kier alpha value is -0.990. The summed E-state index contributed by atoms with van der Waals surface area (Å²) in [7, 11) is 0. The van der Waals surface area contributed by atoms with Crippen LogP contribution < -0.4 is 10.1 Å². The molecule has 1 atom stereocenters. The highest BCUT2D eigenvalue weighted by molar-refractivity contribution is 6.32. The molecule has 0 aliphatic rings. The molecule has 2 nitrogen and oxygen atoms in total. The van der Waals surface area contributed by atoms with Gasteiger partial charge in [0.2, 0.25) is 0 Å². The summed E-state index contributed by atoms with van der Waals surface area (Å²) < 4.78 is 5.55. The fourth-order valence-electron chi connectivity index (χ4n) is 1.62. The molecule has 0 fully saturated rings. The van der Waals surface area contributed by atoms with E-state index in [0.29, 0.717) is 17.7 Å². The van der Waals surface area contributed by atoms with Crippen LogP contribution >= 0.6 is 11.6 Å². The van der Waals surface area contributed by atoms with E-state index in [2.05, 4.69) is 25.2 Å². The second kappa shape index (κ2) is 8.17. The maximum absolute atomic E-state index is 6.21. The molecule has 1 unspecified atom stereocenters. The van der Waals surface area contributed by atoms with Crippen LogP contribution in [0.2, 0.25) is 5.02 Å². The minimum atomic E-state index is 0.312. The zero-order valence-electron chi connectivity index (χ0n) is 11.4. The van der Waals surface area contributed by atoms with Gasteiger partial charge in [0.25, 0.3) is 0 Å². The summed E-state index contributed by atoms with van der Waals surface area (Å²) in [6, 6.07) is 6.28. The highest BCUT2D eigenvalue weighted by atomic mass is 35.5. The lowest BCUT2D eigenvalue weighted by molar-refractivity contribution is 0.362. The molecule has 0 radical (unpaired) electrons. The van der Waals surface area contributed by atoms with Crippen LogP contribution in [-0.2, 0) is 0 Å². The van der Waals surface area contributed by atoms with Gasteiger partial charge in [-0.1, -0.05) is 36.7 Å². The van der Waals surface area contributed by atoms with E-state index < -0.39 is 0 Å². The monoisotopic (exact) mass is 267 g/mol. The topological polar surface area (TPSA) is 21.3 Å². The Morgan fingerprint density at radius 1 is 1.44 bits per heavy atom. The third kappa shape index (κ3) is 4.71. The molecular formula is C15H22ClNO. The summed E-state index contributed by atoms with van der Waals surface area (Å²) >= 11 is 6.21. The highest BCUT2D eigenvalue weighted by Crippen LogP contribution is 2.27. The van der Waals surface area contributed by atoms with Gasteiger partial charge in [-0.2, -0.15) is 0 Å². The first-order valence-electron chi connectivity index (χ1n) is 6.45. The lowest BCUT2D eigenvalue weighted by atomic mass is 10.1. The minimum absolute atomic E-state index is 0.312. The second-order valence-corrected chi connectivity index (χ2v) is 4.65. The third-order valence-corrected chi connectivity index (χ3v) is 3.02. The molecule has 1 rings (SSSR count). The Balaban J connectivity index is 2.66. The fraction of sp³-hybridized carbons (Fsp3) is 0.467. The molecule has 0 aliphatic carbocycles. The van der Waals surface area contributed by atoms with Crippen molar-refractivity contribution < 1.29 is 4.74 Å². The Morgan fingerprint density at radius 2 is 2.22 bits per heavy atom. The SMILES string of the molecule is C/C=C/COc1ccc(C(C)NCCC)cc1Cl. The predicted octanol–water partition coefficient (Wildman–Crippen LogP) is 4.36. The zero-order chi connectivity index (χ0) is 13.4. The fourth-order valence-corrected chi connectivity index (χ4v) is 1.86. The first-order chi connectivity index (χ1) is 8.69. The molecule has 0 aromatic heterocycles. The summed E-state index contributed by atoms with van der Waals surface area (Å²) in [5.74, 6) is 0.737. The van der Waals surface area contributed by atoms with Gasteiger partial charge in [0, 0.05) is 6.04 Å². The number of allylic oxidation sites excluding steroid dienone is 1. The average Bonchev–Trinajstić information content (AvgIpc) is 2.38. The lowest BCUT2D eigenvalue weighted by Crippen LogP contribution is -2.19. The summed E-state index contributed by atoms with van der Waals surface area (Å²) in [5.41, 5.74) is 1.19. The molecule has 1 N–H and O–H groups in total. The first kappa shape index (κ1) is 15.1. The van der Waals surface area contributed by atoms with Crippen LogP contribution in [0.1, 0.15) is 38.8 Å². The van der Waals surface area contributed by atoms with Crippen molar-refractivity contribution in [2.45, 2.75) is 33.2 Å². The van der Waals surface area contributed by atoms with E-state index >= 15 is 0 Å². The number of hydrogen-bond donors (Lipinski definition) is 1. The Morgan fingerprint density at radius 3 is 2.83 bits per heavy atom. The van der Waals surface area contributed by atoms with Crippen molar-refractivity contribution in [2.24, 2.45) is 0 Å². The molecule has 1 aromatic carbocycles. The summed E-state index contributed by atoms with van der Waals surface area (Å²) in [4.78, 5) is 0. The molecule has 0 heterocycles. The maximum Gasteiger partial charge on any atom is 0.138 e. The number of nitrogens with one attached hydrogen (secondary N) is 1. The van der Waals surface area contributed by atoms with Gasteiger partial charge in [0.15, 0.2) is 0 Å². The van der Waals surface area contributed by atoms with Crippen LogP contribution in [0.5, 0.6) is 5.75 Å². The molecule has 0 saturated carbocycles. The molecule has 0 saturated heterocycles. The van der Waals surface area contributed by atoms with E-state index in [1.54, 1.807) is 0 Å². The van der Waals surface area contributed by atoms with Crippen LogP contribution in [0, 0.1) is 0 Å². The molecule has 100 valence electrons. The summed E-state index contributed by atoms with van der Waals surface area (Å²) in [6.07, 6.45) is 5.04. The van der Waals surface area contributed by atoms with Crippen LogP contribution in [0.4, 0.5) is 0 Å². The van der Waals surface area contributed by atoms with Crippen molar-refractivity contribution in [1.82, 2.24) is 5.32 Å². The van der Waals surface area contributed by atoms with Crippen LogP contribution in [0.25, 0.3) is 0 Å². The quantitative estimate of drug-likeness (QED) is 0.742. The Labute approximate surface area is 115 Å². The van der Waals surface area contributed by atoms with E-state index in [1.807, 2.05) is 31.2 Å². The van der Waals surface area contributed by atoms with Gasteiger partial charge in [-0.05, 0) is 44.5 Å². The van der Waals surface area contributed by atoms with Crippen molar-refractivity contribution >= 4 is 11.6 Å². The Kier molecular flexibility index (Phi) is 6.84. The van der Waals surface area contributed by atoms with Crippen LogP contribution in [0.3, 0.4) is 0 Å². The molecule has 0 spiro atoms. The molecule has 0 aliphatic heterocycles. The largest absolute Gasteiger partial charge is 0.488 e. The molecule has 0 bridgehead atoms. The normalized spacial score (nSPS) is 12.9. The van der Waals surface area contributed by atoms with Crippen molar-refractivity contribution in [3.05, 3.63) is 40.9 Å². The average molecular weight is 268 g/mol. The standard InChI is InChI=1S/C15H22ClNO/c1-4-6-10-18-15-8-7-13(11-14(15)16)12(3)17-9-5-2/h4,6-8,11-12,17H,5,9-10H2,1-3H3/b6-4+. The molecular weight excluding hydrogens is 246 g/mol. The van der Waals surface area contributed by atoms with Crippen LogP contribution in [-0.4, -0.2) is 13.2 Å². The number of ether oxygens (including phenoxy) is 1. The number of halogens is 1. The van der Waals surface area contributed by atoms with Gasteiger partial charge < -0.3 is 10.1 Å². The van der Waals surface area contributed by atoms with E-state index in [4.69, 9.17) is 16.3 Å². The maximum atomic E-state index is 6.21. The van der Waals surface area contributed by atoms with Crippen molar-refractivity contribution in [1.29, 1.82) is 0 Å². The van der Waals surface area contributed by atoms with Gasteiger partial charge in [-0.15, -0.1) is 0 Å². The van der Waals surface area contributed by atoms with Crippen molar-refractivity contribution in [3.63, 3.8) is 0 Å². The van der Waals surface area contributed by atoms with E-state index in [0.717, 1.165) is 18.7 Å². The molecule has 18 heavy (non-hydrogen) atoms. The first-order valence-corrected chi connectivity index (χ1v) is 6.83. The third-order valence-electron chi connectivity index (χ3n) is 2.73. The van der Waals surface area contributed by atoms with Gasteiger partial charge in [0.1, 0.15) is 12.4 Å². The number of rotatable bonds is 7. The van der Waals surface area contributed by atoms with E-state index in [-0.39, 0.29) is 0 Å². The van der Waals surface area contributed by atoms with Crippen molar-refractivity contribution in [3.8, 4) is 5.75 Å². The molecule has 1 aromatic rings.